The van der Waals surface area contributed by atoms with Gasteiger partial charge in [0.15, 0.2) is 0 Å². The van der Waals surface area contributed by atoms with Crippen LogP contribution >= 0.6 is 11.6 Å². The smallest absolute Gasteiger partial charge is 0.142 e. The molecule has 0 aliphatic heterocycles. The van der Waals surface area contributed by atoms with Crippen molar-refractivity contribution in [3.63, 3.8) is 0 Å². The molecular formula is C40H53ClN6. The third-order valence-corrected chi connectivity index (χ3v) is 9.70. The Balaban J connectivity index is 0.000000185. The third kappa shape index (κ3) is 9.99. The van der Waals surface area contributed by atoms with Gasteiger partial charge in [0.05, 0.1) is 5.56 Å². The number of rotatable bonds is 12. The fourth-order valence-electron chi connectivity index (χ4n) is 6.67. The monoisotopic (exact) mass is 652 g/mol. The molecule has 6 rings (SSSR count). The summed E-state index contributed by atoms with van der Waals surface area (Å²) in [5, 5.41) is 7.78. The van der Waals surface area contributed by atoms with Crippen molar-refractivity contribution < 1.29 is 0 Å². The van der Waals surface area contributed by atoms with Crippen LogP contribution in [0.3, 0.4) is 0 Å². The van der Waals surface area contributed by atoms with E-state index in [0.29, 0.717) is 23.1 Å². The van der Waals surface area contributed by atoms with E-state index in [2.05, 4.69) is 92.9 Å². The molecule has 2 aromatic carbocycles. The topological polar surface area (TPSA) is 75.6 Å². The summed E-state index contributed by atoms with van der Waals surface area (Å²) in [5.41, 5.74) is 7.11. The maximum Gasteiger partial charge on any atom is 0.142 e. The summed E-state index contributed by atoms with van der Waals surface area (Å²) in [6, 6.07) is 18.6. The number of benzene rings is 2. The van der Waals surface area contributed by atoms with Crippen LogP contribution in [0.1, 0.15) is 114 Å². The highest BCUT2D eigenvalue weighted by Crippen LogP contribution is 2.35. The van der Waals surface area contributed by atoms with Crippen molar-refractivity contribution in [2.45, 2.75) is 130 Å². The van der Waals surface area contributed by atoms with E-state index < -0.39 is 0 Å². The van der Waals surface area contributed by atoms with Crippen molar-refractivity contribution in [3.8, 4) is 22.3 Å². The summed E-state index contributed by atoms with van der Waals surface area (Å²) >= 11 is 6.49. The van der Waals surface area contributed by atoms with E-state index in [1.54, 1.807) is 0 Å². The minimum absolute atomic E-state index is 0.498. The summed E-state index contributed by atoms with van der Waals surface area (Å²) in [6.45, 7) is 8.30. The second kappa shape index (κ2) is 17.6. The predicted molar refractivity (Wildman–Crippen MR) is 198 cm³/mol. The van der Waals surface area contributed by atoms with E-state index in [1.807, 2.05) is 20.0 Å². The second-order valence-corrected chi connectivity index (χ2v) is 13.7. The first-order valence-corrected chi connectivity index (χ1v) is 18.4. The molecule has 250 valence electrons. The molecule has 2 aromatic heterocycles. The average molecular weight is 653 g/mol. The molecule has 0 spiro atoms. The van der Waals surface area contributed by atoms with Crippen LogP contribution < -0.4 is 10.6 Å². The van der Waals surface area contributed by atoms with Gasteiger partial charge in [-0.05, 0) is 87.5 Å². The van der Waals surface area contributed by atoms with Crippen molar-refractivity contribution in [2.75, 3.05) is 10.6 Å². The van der Waals surface area contributed by atoms with Crippen molar-refractivity contribution in [3.05, 3.63) is 82.7 Å². The standard InChI is InChI=1S/C20H26ClN3.C20H27N3/c1-3-4-7-15-10-12-16(13-11-15)18-19(21)22-14(2)23-20(18)24-17-8-5-6-9-17;1-3-4-7-16-10-12-17(13-11-16)19-14-21-15(2)22-20(19)23-18-8-5-6-9-18/h10-13,17H,3-9H2,1-2H3,(H,22,23,24);10-14,18H,3-9H2,1-2H3,(H,21,22,23). The zero-order valence-corrected chi connectivity index (χ0v) is 29.7. The zero-order valence-electron chi connectivity index (χ0n) is 28.9. The lowest BCUT2D eigenvalue weighted by Gasteiger charge is -2.17. The fourth-order valence-corrected chi connectivity index (χ4v) is 6.99. The zero-order chi connectivity index (χ0) is 33.0. The van der Waals surface area contributed by atoms with E-state index in [0.717, 1.165) is 47.0 Å². The number of hydrogen-bond donors (Lipinski definition) is 2. The van der Waals surface area contributed by atoms with Crippen LogP contribution in [0.4, 0.5) is 11.6 Å². The van der Waals surface area contributed by atoms with Crippen LogP contribution in [0.25, 0.3) is 22.3 Å². The lowest BCUT2D eigenvalue weighted by molar-refractivity contribution is 0.749. The number of halogens is 1. The van der Waals surface area contributed by atoms with E-state index in [9.17, 15) is 0 Å². The summed E-state index contributed by atoms with van der Waals surface area (Å²) < 4.78 is 0. The SMILES string of the molecule is CCCCc1ccc(-c2c(Cl)nc(C)nc2NC2CCCC2)cc1.CCCCc1ccc(-c2cnc(C)nc2NC2CCCC2)cc1. The molecule has 6 nitrogen and oxygen atoms in total. The molecule has 2 aliphatic rings. The van der Waals surface area contributed by atoms with Gasteiger partial charge in [-0.3, -0.25) is 0 Å². The van der Waals surface area contributed by atoms with Crippen LogP contribution in [-0.4, -0.2) is 32.0 Å². The van der Waals surface area contributed by atoms with Gasteiger partial charge in [0.1, 0.15) is 28.4 Å². The van der Waals surface area contributed by atoms with Gasteiger partial charge >= 0.3 is 0 Å². The lowest BCUT2D eigenvalue weighted by atomic mass is 10.0. The number of aryl methyl sites for hydroxylation is 4. The Morgan fingerprint density at radius 3 is 1.66 bits per heavy atom. The van der Waals surface area contributed by atoms with E-state index in [4.69, 9.17) is 11.6 Å². The Kier molecular flexibility index (Phi) is 13.0. The number of aromatic nitrogens is 4. The molecule has 0 amide bonds. The van der Waals surface area contributed by atoms with E-state index >= 15 is 0 Å². The number of anilines is 2. The van der Waals surface area contributed by atoms with E-state index in [1.165, 1.54) is 93.7 Å². The molecule has 0 bridgehead atoms. The van der Waals surface area contributed by atoms with E-state index in [-0.39, 0.29) is 0 Å². The molecule has 0 atom stereocenters. The summed E-state index contributed by atoms with van der Waals surface area (Å²) in [7, 11) is 0. The molecule has 2 saturated carbocycles. The van der Waals surface area contributed by atoms with Gasteiger partial charge in [0, 0.05) is 23.8 Å². The molecular weight excluding hydrogens is 600 g/mol. The van der Waals surface area contributed by atoms with Gasteiger partial charge in [-0.2, -0.15) is 0 Å². The number of hydrogen-bond acceptors (Lipinski definition) is 6. The minimum atomic E-state index is 0.498. The highest BCUT2D eigenvalue weighted by molar-refractivity contribution is 6.32. The van der Waals surface area contributed by atoms with Crippen LogP contribution in [0.15, 0.2) is 54.7 Å². The van der Waals surface area contributed by atoms with Gasteiger partial charge in [-0.25, -0.2) is 19.9 Å². The Hall–Kier alpha value is -3.51. The predicted octanol–water partition coefficient (Wildman–Crippen LogP) is 11.0. The van der Waals surface area contributed by atoms with Crippen LogP contribution in [0, 0.1) is 13.8 Å². The first-order chi connectivity index (χ1) is 22.9. The van der Waals surface area contributed by atoms with Crippen LogP contribution in [0.2, 0.25) is 5.15 Å². The molecule has 2 aliphatic carbocycles. The quantitative estimate of drug-likeness (QED) is 0.148. The lowest BCUT2D eigenvalue weighted by Crippen LogP contribution is -2.17. The highest BCUT2D eigenvalue weighted by atomic mass is 35.5. The van der Waals surface area contributed by atoms with Gasteiger partial charge in [-0.1, -0.05) is 113 Å². The molecule has 4 aromatic rings. The van der Waals surface area contributed by atoms with Gasteiger partial charge < -0.3 is 10.6 Å². The van der Waals surface area contributed by atoms with Gasteiger partial charge in [0.25, 0.3) is 0 Å². The maximum atomic E-state index is 6.49. The molecule has 0 unspecified atom stereocenters. The largest absolute Gasteiger partial charge is 0.367 e. The van der Waals surface area contributed by atoms with Crippen molar-refractivity contribution >= 4 is 23.2 Å². The van der Waals surface area contributed by atoms with Crippen LogP contribution in [-0.2, 0) is 12.8 Å². The highest BCUT2D eigenvalue weighted by Gasteiger charge is 2.20. The molecule has 2 N–H and O–H groups in total. The molecule has 2 heterocycles. The van der Waals surface area contributed by atoms with Crippen molar-refractivity contribution in [2.24, 2.45) is 0 Å². The first kappa shape index (κ1) is 34.8. The number of unbranched alkanes of at least 4 members (excludes halogenated alkanes) is 2. The summed E-state index contributed by atoms with van der Waals surface area (Å²) in [6.07, 6.45) is 19.3. The number of nitrogens with one attached hydrogen (secondary N) is 2. The Labute approximate surface area is 287 Å². The molecule has 47 heavy (non-hydrogen) atoms. The third-order valence-electron chi connectivity index (χ3n) is 9.42. The molecule has 7 heteroatoms. The average Bonchev–Trinajstić information content (AvgIpc) is 3.79. The van der Waals surface area contributed by atoms with Crippen molar-refractivity contribution in [1.82, 2.24) is 19.9 Å². The molecule has 2 fully saturated rings. The normalized spacial score (nSPS) is 15.0. The van der Waals surface area contributed by atoms with Gasteiger partial charge in [-0.15, -0.1) is 0 Å². The Morgan fingerprint density at radius 2 is 1.13 bits per heavy atom. The minimum Gasteiger partial charge on any atom is -0.367 e. The molecule has 0 radical (unpaired) electrons. The Bertz CT molecular complexity index is 1540. The Morgan fingerprint density at radius 1 is 0.638 bits per heavy atom. The van der Waals surface area contributed by atoms with Crippen LogP contribution in [0.5, 0.6) is 0 Å². The fraction of sp³-hybridized carbons (Fsp3) is 0.500. The maximum absolute atomic E-state index is 6.49. The first-order valence-electron chi connectivity index (χ1n) is 18.0. The summed E-state index contributed by atoms with van der Waals surface area (Å²) in [4.78, 5) is 18.1. The van der Waals surface area contributed by atoms with Gasteiger partial charge in [0.2, 0.25) is 0 Å². The second-order valence-electron chi connectivity index (χ2n) is 13.3. The summed E-state index contributed by atoms with van der Waals surface area (Å²) in [5.74, 6) is 3.41. The van der Waals surface area contributed by atoms with Crippen molar-refractivity contribution in [1.29, 1.82) is 0 Å². The number of nitrogens with zero attached hydrogens (tertiary/aromatic N) is 4. The molecule has 0 saturated heterocycles.